The van der Waals surface area contributed by atoms with Crippen LogP contribution in [0, 0.1) is 11.8 Å². The van der Waals surface area contributed by atoms with E-state index in [9.17, 15) is 4.79 Å². The number of likely N-dealkylation sites (tertiary alicyclic amines) is 1. The fourth-order valence-corrected chi connectivity index (χ4v) is 8.23. The van der Waals surface area contributed by atoms with Crippen LogP contribution in [0.5, 0.6) is 11.5 Å². The van der Waals surface area contributed by atoms with Crippen LogP contribution in [0.1, 0.15) is 68.2 Å². The van der Waals surface area contributed by atoms with E-state index in [1.54, 1.807) is 7.11 Å². The molecule has 5 nitrogen and oxygen atoms in total. The summed E-state index contributed by atoms with van der Waals surface area (Å²) in [4.78, 5) is 16.1. The van der Waals surface area contributed by atoms with Crippen molar-refractivity contribution in [2.75, 3.05) is 20.2 Å². The first kappa shape index (κ1) is 22.8. The molecule has 2 aromatic rings. The summed E-state index contributed by atoms with van der Waals surface area (Å²) in [6, 6.07) is 15.1. The quantitative estimate of drug-likeness (QED) is 0.534. The third kappa shape index (κ3) is 3.24. The fraction of sp³-hybridized carbons (Fsp3) is 0.581. The molecular weight excluding hydrogens is 450 g/mol. The van der Waals surface area contributed by atoms with Gasteiger partial charge in [0.2, 0.25) is 0 Å². The van der Waals surface area contributed by atoms with E-state index < -0.39 is 0 Å². The van der Waals surface area contributed by atoms with Crippen molar-refractivity contribution < 1.29 is 19.0 Å². The number of Topliss-reactive ketones (excluding diaryl/α,β-unsaturated/α-hetero) is 1. The lowest BCUT2D eigenvalue weighted by molar-refractivity contribution is -0.139. The molecule has 7 rings (SSSR count). The number of hydrogen-bond donors (Lipinski definition) is 0. The third-order valence-corrected chi connectivity index (χ3v) is 10.0. The second-order valence-corrected chi connectivity index (χ2v) is 11.8. The van der Waals surface area contributed by atoms with Crippen LogP contribution in [0.4, 0.5) is 0 Å². The second kappa shape index (κ2) is 8.59. The average molecular weight is 488 g/mol. The predicted molar refractivity (Wildman–Crippen MR) is 138 cm³/mol. The number of nitrogens with zero attached hydrogens (tertiary/aromatic N) is 1. The summed E-state index contributed by atoms with van der Waals surface area (Å²) >= 11 is 0. The van der Waals surface area contributed by atoms with Crippen molar-refractivity contribution in [2.45, 2.75) is 81.6 Å². The minimum Gasteiger partial charge on any atom is -0.484 e. The van der Waals surface area contributed by atoms with Crippen molar-refractivity contribution >= 4 is 5.78 Å². The van der Waals surface area contributed by atoms with Gasteiger partial charge in [-0.15, -0.1) is 0 Å². The van der Waals surface area contributed by atoms with E-state index in [1.165, 1.54) is 36.9 Å². The highest BCUT2D eigenvalue weighted by Crippen LogP contribution is 2.63. The van der Waals surface area contributed by atoms with Crippen molar-refractivity contribution in [2.24, 2.45) is 11.8 Å². The molecule has 1 spiro atoms. The zero-order chi connectivity index (χ0) is 24.4. The molecule has 5 heteroatoms. The maximum Gasteiger partial charge on any atom is 0.174 e. The largest absolute Gasteiger partial charge is 0.484 e. The Morgan fingerprint density at radius 1 is 1.14 bits per heavy atom. The SMILES string of the molecule is COC(c1ccccc1)C(C)Oc1ccc2c3c1OC1C(=O)CC[C@H]4[C@@H](C2)N(CC2CCC2)CC[C@]314. The van der Waals surface area contributed by atoms with Gasteiger partial charge in [-0.05, 0) is 74.6 Å². The van der Waals surface area contributed by atoms with Crippen molar-refractivity contribution in [3.63, 3.8) is 0 Å². The van der Waals surface area contributed by atoms with Gasteiger partial charge in [0.15, 0.2) is 23.4 Å². The minimum atomic E-state index is -0.356. The molecule has 2 aliphatic heterocycles. The lowest BCUT2D eigenvalue weighted by Crippen LogP contribution is -2.66. The smallest absolute Gasteiger partial charge is 0.174 e. The number of ether oxygens (including phenoxy) is 3. The highest BCUT2D eigenvalue weighted by atomic mass is 16.6. The maximum absolute atomic E-state index is 13.3. The monoisotopic (exact) mass is 487 g/mol. The highest BCUT2D eigenvalue weighted by molar-refractivity contribution is 5.89. The molecule has 3 unspecified atom stereocenters. The fourth-order valence-electron chi connectivity index (χ4n) is 8.23. The number of piperidine rings is 1. The number of benzene rings is 2. The summed E-state index contributed by atoms with van der Waals surface area (Å²) in [7, 11) is 1.73. The Morgan fingerprint density at radius 2 is 1.97 bits per heavy atom. The van der Waals surface area contributed by atoms with Crippen LogP contribution in [-0.4, -0.2) is 49.1 Å². The predicted octanol–water partition coefficient (Wildman–Crippen LogP) is 5.25. The first-order valence-electron chi connectivity index (χ1n) is 13.9. The number of rotatable bonds is 7. The number of methoxy groups -OCH3 is 1. The second-order valence-electron chi connectivity index (χ2n) is 11.8. The van der Waals surface area contributed by atoms with Crippen LogP contribution < -0.4 is 9.47 Å². The van der Waals surface area contributed by atoms with Gasteiger partial charge in [-0.2, -0.15) is 0 Å². The summed E-state index contributed by atoms with van der Waals surface area (Å²) in [5.74, 6) is 3.22. The van der Waals surface area contributed by atoms with E-state index in [1.807, 2.05) is 18.2 Å². The molecule has 0 amide bonds. The van der Waals surface area contributed by atoms with Crippen molar-refractivity contribution in [1.82, 2.24) is 4.90 Å². The van der Waals surface area contributed by atoms with Crippen molar-refractivity contribution in [3.8, 4) is 11.5 Å². The Balaban J connectivity index is 1.24. The molecule has 3 aliphatic carbocycles. The van der Waals surface area contributed by atoms with E-state index in [4.69, 9.17) is 14.2 Å². The number of carbonyl (C=O) groups is 1. The van der Waals surface area contributed by atoms with E-state index in [0.717, 1.165) is 48.8 Å². The van der Waals surface area contributed by atoms with E-state index in [0.29, 0.717) is 18.4 Å². The Bertz CT molecular complexity index is 1160. The third-order valence-electron chi connectivity index (χ3n) is 10.0. The average Bonchev–Trinajstić information content (AvgIpc) is 3.21. The van der Waals surface area contributed by atoms with E-state index >= 15 is 0 Å². The number of hydrogen-bond acceptors (Lipinski definition) is 5. The topological polar surface area (TPSA) is 48.0 Å². The summed E-state index contributed by atoms with van der Waals surface area (Å²) in [6.07, 6.45) is 7.11. The summed E-state index contributed by atoms with van der Waals surface area (Å²) < 4.78 is 19.1. The maximum atomic E-state index is 13.3. The van der Waals surface area contributed by atoms with Crippen LogP contribution in [0.15, 0.2) is 42.5 Å². The van der Waals surface area contributed by atoms with Gasteiger partial charge in [0.25, 0.3) is 0 Å². The normalized spacial score (nSPS) is 32.3. The van der Waals surface area contributed by atoms with Gasteiger partial charge < -0.3 is 14.2 Å². The van der Waals surface area contributed by atoms with Crippen molar-refractivity contribution in [3.05, 3.63) is 59.2 Å². The first-order valence-corrected chi connectivity index (χ1v) is 13.9. The van der Waals surface area contributed by atoms with Gasteiger partial charge >= 0.3 is 0 Å². The minimum absolute atomic E-state index is 0.179. The molecule has 2 saturated carbocycles. The molecule has 1 saturated heterocycles. The van der Waals surface area contributed by atoms with E-state index in [-0.39, 0.29) is 29.5 Å². The van der Waals surface area contributed by atoms with Gasteiger partial charge in [-0.25, -0.2) is 0 Å². The molecule has 0 radical (unpaired) electrons. The molecule has 2 heterocycles. The van der Waals surface area contributed by atoms with Gasteiger partial charge in [-0.1, -0.05) is 42.8 Å². The van der Waals surface area contributed by atoms with Crippen LogP contribution in [0.25, 0.3) is 0 Å². The molecule has 190 valence electrons. The Labute approximate surface area is 214 Å². The zero-order valence-electron chi connectivity index (χ0n) is 21.4. The molecule has 36 heavy (non-hydrogen) atoms. The Hall–Kier alpha value is -2.37. The highest BCUT2D eigenvalue weighted by Gasteiger charge is 2.66. The van der Waals surface area contributed by atoms with Crippen LogP contribution in [0.3, 0.4) is 0 Å². The Kier molecular flexibility index (Phi) is 5.44. The van der Waals surface area contributed by atoms with Crippen LogP contribution in [-0.2, 0) is 21.4 Å². The van der Waals surface area contributed by atoms with Gasteiger partial charge in [-0.3, -0.25) is 9.69 Å². The molecule has 2 bridgehead atoms. The molecule has 0 N–H and O–H groups in total. The standard InChI is InChI=1S/C31H37NO4/c1-19(28(34-2)21-9-4-3-5-10-21)35-26-14-11-22-17-24-23-12-13-25(33)30-31(23,27(22)29(26)36-30)15-16-32(24)18-20-7-6-8-20/h3-5,9-11,14,19-20,23-24,28,30H,6-8,12-13,15-18H2,1-2H3/t19?,23-,24+,28?,30?,31-/m0/s1. The lowest BCUT2D eigenvalue weighted by atomic mass is 9.51. The van der Waals surface area contributed by atoms with Crippen LogP contribution in [0.2, 0.25) is 0 Å². The molecule has 3 fully saturated rings. The van der Waals surface area contributed by atoms with Crippen LogP contribution >= 0.6 is 0 Å². The summed E-state index contributed by atoms with van der Waals surface area (Å²) in [6.45, 7) is 4.36. The zero-order valence-corrected chi connectivity index (χ0v) is 21.4. The Morgan fingerprint density at radius 3 is 2.72 bits per heavy atom. The number of ketones is 1. The van der Waals surface area contributed by atoms with Gasteiger partial charge in [0.1, 0.15) is 12.2 Å². The van der Waals surface area contributed by atoms with Gasteiger partial charge in [0.05, 0.1) is 0 Å². The molecule has 5 aliphatic rings. The molecular formula is C31H37NO4. The first-order chi connectivity index (χ1) is 17.6. The summed E-state index contributed by atoms with van der Waals surface area (Å²) in [5.41, 5.74) is 3.57. The molecule has 2 aromatic carbocycles. The summed E-state index contributed by atoms with van der Waals surface area (Å²) in [5, 5.41) is 0. The number of carbonyl (C=O) groups excluding carboxylic acids is 1. The molecule has 0 aromatic heterocycles. The van der Waals surface area contributed by atoms with E-state index in [2.05, 4.69) is 36.1 Å². The van der Waals surface area contributed by atoms with Gasteiger partial charge in [0, 0.05) is 37.1 Å². The molecule has 6 atom stereocenters. The van der Waals surface area contributed by atoms with Crippen molar-refractivity contribution in [1.29, 1.82) is 0 Å². The lowest BCUT2D eigenvalue weighted by Gasteiger charge is -2.58.